The molecule has 8 nitrogen and oxygen atoms in total. The van der Waals surface area contributed by atoms with Crippen LogP contribution >= 0.6 is 0 Å². The molecule has 8 heteroatoms. The van der Waals surface area contributed by atoms with E-state index in [1.165, 1.54) is 0 Å². The summed E-state index contributed by atoms with van der Waals surface area (Å²) >= 11 is 0. The Morgan fingerprint density at radius 3 is 2.89 bits per heavy atom. The van der Waals surface area contributed by atoms with Crippen molar-refractivity contribution in [3.63, 3.8) is 0 Å². The molecule has 1 amide bonds. The van der Waals surface area contributed by atoms with Crippen molar-refractivity contribution < 1.29 is 14.6 Å². The maximum Gasteiger partial charge on any atom is 0.326 e. The monoisotopic (exact) mass is 269 g/mol. The predicted octanol–water partition coefficient (Wildman–Crippen LogP) is -1.67. The molecule has 2 unspecified atom stereocenters. The Bertz CT molecular complexity index is 564. The van der Waals surface area contributed by atoms with Gasteiger partial charge in [-0.15, -0.1) is 0 Å². The predicted molar refractivity (Wildman–Crippen MR) is 65.0 cm³/mol. The summed E-state index contributed by atoms with van der Waals surface area (Å²) < 4.78 is 5.23. The fourth-order valence-corrected chi connectivity index (χ4v) is 1.92. The second kappa shape index (κ2) is 4.98. The summed E-state index contributed by atoms with van der Waals surface area (Å²) in [6, 6.07) is 0.982. The zero-order valence-electron chi connectivity index (χ0n) is 10.4. The summed E-state index contributed by atoms with van der Waals surface area (Å²) in [4.78, 5) is 38.0. The summed E-state index contributed by atoms with van der Waals surface area (Å²) in [5, 5.41) is 12.7. The maximum atomic E-state index is 11.8. The number of aromatic nitrogens is 2. The van der Waals surface area contributed by atoms with E-state index in [1.54, 1.807) is 6.92 Å². The maximum absolute atomic E-state index is 11.8. The van der Waals surface area contributed by atoms with E-state index in [4.69, 9.17) is 4.74 Å². The third-order valence-corrected chi connectivity index (χ3v) is 3.22. The standard InChI is InChI=1S/C11H15N3O5/c1-6-11(18,2-3-19-6)5-12-9(16)7-4-8(15)14-10(17)13-7/h4,6,18H,2-3,5H2,1H3,(H,12,16)(H2,13,14,15,17). The molecule has 0 aromatic carbocycles. The molecule has 2 rings (SSSR count). The van der Waals surface area contributed by atoms with Crippen LogP contribution in [0.4, 0.5) is 0 Å². The molecule has 1 aliphatic rings. The summed E-state index contributed by atoms with van der Waals surface area (Å²) in [6.45, 7) is 2.13. The van der Waals surface area contributed by atoms with Crippen LogP contribution in [-0.4, -0.2) is 45.8 Å². The van der Waals surface area contributed by atoms with Gasteiger partial charge in [0.05, 0.1) is 6.10 Å². The van der Waals surface area contributed by atoms with E-state index in [9.17, 15) is 19.5 Å². The van der Waals surface area contributed by atoms with Crippen LogP contribution in [0.2, 0.25) is 0 Å². The molecule has 0 radical (unpaired) electrons. The van der Waals surface area contributed by atoms with Gasteiger partial charge in [0.25, 0.3) is 11.5 Å². The number of nitrogens with one attached hydrogen (secondary N) is 3. The first kappa shape index (κ1) is 13.5. The van der Waals surface area contributed by atoms with Gasteiger partial charge in [0, 0.05) is 25.6 Å². The highest BCUT2D eigenvalue weighted by molar-refractivity contribution is 5.92. The van der Waals surface area contributed by atoms with E-state index >= 15 is 0 Å². The van der Waals surface area contributed by atoms with Gasteiger partial charge in [0.2, 0.25) is 0 Å². The normalized spacial score (nSPS) is 26.3. The Morgan fingerprint density at radius 2 is 2.32 bits per heavy atom. The molecule has 2 atom stereocenters. The Labute approximate surface area is 107 Å². The number of rotatable bonds is 3. The number of carbonyl (C=O) groups is 1. The Hall–Kier alpha value is -1.93. The van der Waals surface area contributed by atoms with E-state index < -0.39 is 22.8 Å². The second-order valence-corrected chi connectivity index (χ2v) is 4.55. The Kier molecular flexibility index (Phi) is 3.54. The third-order valence-electron chi connectivity index (χ3n) is 3.22. The smallest absolute Gasteiger partial charge is 0.326 e. The minimum atomic E-state index is -1.13. The van der Waals surface area contributed by atoms with Crippen molar-refractivity contribution in [2.24, 2.45) is 0 Å². The largest absolute Gasteiger partial charge is 0.385 e. The summed E-state index contributed by atoms with van der Waals surface area (Å²) in [5.74, 6) is -0.629. The molecule has 1 aromatic heterocycles. The van der Waals surface area contributed by atoms with Crippen molar-refractivity contribution in [1.29, 1.82) is 0 Å². The Morgan fingerprint density at radius 1 is 1.58 bits per heavy atom. The highest BCUT2D eigenvalue weighted by atomic mass is 16.5. The molecule has 0 spiro atoms. The van der Waals surface area contributed by atoms with E-state index in [0.717, 1.165) is 6.07 Å². The number of carbonyl (C=O) groups excluding carboxylic acids is 1. The van der Waals surface area contributed by atoms with Crippen LogP contribution in [0.1, 0.15) is 23.8 Å². The SMILES string of the molecule is CC1OCCC1(O)CNC(=O)c1cc(=O)[nH]c(=O)[nH]1. The zero-order valence-corrected chi connectivity index (χ0v) is 10.4. The molecule has 1 aromatic rings. The molecule has 4 N–H and O–H groups in total. The number of hydrogen-bond acceptors (Lipinski definition) is 5. The van der Waals surface area contributed by atoms with E-state index in [1.807, 2.05) is 4.98 Å². The number of aliphatic hydroxyl groups is 1. The molecule has 1 fully saturated rings. The van der Waals surface area contributed by atoms with Crippen LogP contribution in [-0.2, 0) is 4.74 Å². The van der Waals surface area contributed by atoms with Gasteiger partial charge < -0.3 is 20.1 Å². The molecule has 19 heavy (non-hydrogen) atoms. The van der Waals surface area contributed by atoms with E-state index in [-0.39, 0.29) is 18.3 Å². The molecule has 0 aliphatic carbocycles. The molecular weight excluding hydrogens is 254 g/mol. The lowest BCUT2D eigenvalue weighted by molar-refractivity contribution is -0.0252. The molecule has 2 heterocycles. The van der Waals surface area contributed by atoms with Gasteiger partial charge in [-0.1, -0.05) is 0 Å². The zero-order chi connectivity index (χ0) is 14.0. The molecule has 0 bridgehead atoms. The first-order valence-corrected chi connectivity index (χ1v) is 5.86. The summed E-state index contributed by atoms with van der Waals surface area (Å²) in [7, 11) is 0. The van der Waals surface area contributed by atoms with Crippen LogP contribution in [0.5, 0.6) is 0 Å². The van der Waals surface area contributed by atoms with Gasteiger partial charge in [0.15, 0.2) is 0 Å². The van der Waals surface area contributed by atoms with Crippen LogP contribution in [0.15, 0.2) is 15.7 Å². The highest BCUT2D eigenvalue weighted by Crippen LogP contribution is 2.24. The molecule has 1 aliphatic heterocycles. The lowest BCUT2D eigenvalue weighted by Gasteiger charge is -2.25. The fraction of sp³-hybridized carbons (Fsp3) is 0.545. The highest BCUT2D eigenvalue weighted by Gasteiger charge is 2.39. The number of H-pyrrole nitrogens is 2. The average Bonchev–Trinajstić information content (AvgIpc) is 2.66. The summed E-state index contributed by atoms with van der Waals surface area (Å²) in [5.41, 5.74) is -2.69. The van der Waals surface area contributed by atoms with Crippen LogP contribution in [0, 0.1) is 0 Å². The molecule has 104 valence electrons. The van der Waals surface area contributed by atoms with Gasteiger partial charge in [-0.3, -0.25) is 14.6 Å². The molecule has 0 saturated carbocycles. The topological polar surface area (TPSA) is 124 Å². The van der Waals surface area contributed by atoms with Crippen LogP contribution < -0.4 is 16.6 Å². The van der Waals surface area contributed by atoms with Gasteiger partial charge in [-0.25, -0.2) is 4.79 Å². The second-order valence-electron chi connectivity index (χ2n) is 4.55. The Balaban J connectivity index is 2.05. The fourth-order valence-electron chi connectivity index (χ4n) is 1.92. The number of ether oxygens (including phenoxy) is 1. The van der Waals surface area contributed by atoms with Crippen molar-refractivity contribution in [2.75, 3.05) is 13.2 Å². The first-order valence-electron chi connectivity index (χ1n) is 5.86. The molecule has 1 saturated heterocycles. The average molecular weight is 269 g/mol. The number of hydrogen-bond donors (Lipinski definition) is 4. The van der Waals surface area contributed by atoms with Crippen molar-refractivity contribution >= 4 is 5.91 Å². The van der Waals surface area contributed by atoms with E-state index in [0.29, 0.717) is 13.0 Å². The third kappa shape index (κ3) is 2.91. The number of amides is 1. The lowest BCUT2D eigenvalue weighted by atomic mass is 9.97. The van der Waals surface area contributed by atoms with E-state index in [2.05, 4.69) is 10.3 Å². The van der Waals surface area contributed by atoms with Crippen LogP contribution in [0.3, 0.4) is 0 Å². The van der Waals surface area contributed by atoms with Gasteiger partial charge in [0.1, 0.15) is 11.3 Å². The lowest BCUT2D eigenvalue weighted by Crippen LogP contribution is -2.47. The molecular formula is C11H15N3O5. The van der Waals surface area contributed by atoms with Gasteiger partial charge in [-0.2, -0.15) is 0 Å². The van der Waals surface area contributed by atoms with Crippen molar-refractivity contribution in [2.45, 2.75) is 25.0 Å². The summed E-state index contributed by atoms with van der Waals surface area (Å²) in [6.07, 6.45) is 0.0337. The van der Waals surface area contributed by atoms with Gasteiger partial charge >= 0.3 is 5.69 Å². The minimum Gasteiger partial charge on any atom is -0.385 e. The van der Waals surface area contributed by atoms with Crippen molar-refractivity contribution in [3.05, 3.63) is 32.6 Å². The minimum absolute atomic E-state index is 0.0121. The van der Waals surface area contributed by atoms with Crippen molar-refractivity contribution in [3.8, 4) is 0 Å². The van der Waals surface area contributed by atoms with Gasteiger partial charge in [-0.05, 0) is 6.92 Å². The van der Waals surface area contributed by atoms with Crippen molar-refractivity contribution in [1.82, 2.24) is 15.3 Å². The van der Waals surface area contributed by atoms with Crippen LogP contribution in [0.25, 0.3) is 0 Å². The quantitative estimate of drug-likeness (QED) is 0.522. The first-order chi connectivity index (χ1) is 8.90. The number of aromatic amines is 2.